The van der Waals surface area contributed by atoms with E-state index in [2.05, 4.69) is 13.5 Å². The second-order valence-electron chi connectivity index (χ2n) is 6.77. The molecule has 0 unspecified atom stereocenters. The Balaban J connectivity index is 2.10. The van der Waals surface area contributed by atoms with E-state index in [1.54, 1.807) is 24.3 Å². The normalized spacial score (nSPS) is 11.6. The Morgan fingerprint density at radius 1 is 1.07 bits per heavy atom. The number of aryl methyl sites for hydroxylation is 1. The molecule has 0 atom stereocenters. The van der Waals surface area contributed by atoms with E-state index < -0.39 is 11.7 Å². The molecule has 1 heterocycles. The van der Waals surface area contributed by atoms with Crippen LogP contribution in [0.4, 0.5) is 13.2 Å². The number of benzene rings is 2. The molecule has 0 bridgehead atoms. The van der Waals surface area contributed by atoms with Gasteiger partial charge in [-0.05, 0) is 59.7 Å². The topological polar surface area (TPSA) is 9.23 Å². The van der Waals surface area contributed by atoms with Crippen molar-refractivity contribution in [2.75, 3.05) is 0 Å². The van der Waals surface area contributed by atoms with Crippen molar-refractivity contribution in [2.24, 2.45) is 0 Å². The van der Waals surface area contributed by atoms with Crippen molar-refractivity contribution < 1.29 is 17.9 Å². The predicted octanol–water partition coefficient (Wildman–Crippen LogP) is 8.57. The summed E-state index contributed by atoms with van der Waals surface area (Å²) in [7, 11) is 0. The monoisotopic (exact) mass is 434 g/mol. The third-order valence-corrected chi connectivity index (χ3v) is 6.12. The quantitative estimate of drug-likeness (QED) is 0.209. The predicted molar refractivity (Wildman–Crippen MR) is 117 cm³/mol. The van der Waals surface area contributed by atoms with Crippen LogP contribution in [0, 0.1) is 3.82 Å². The second kappa shape index (κ2) is 9.09. The van der Waals surface area contributed by atoms with Crippen molar-refractivity contribution in [3.8, 4) is 16.9 Å². The van der Waals surface area contributed by atoms with Crippen molar-refractivity contribution in [2.45, 2.75) is 38.8 Å². The average molecular weight is 435 g/mol. The molecular formula is C23H21F3OS2. The summed E-state index contributed by atoms with van der Waals surface area (Å²) >= 11 is 6.74. The summed E-state index contributed by atoms with van der Waals surface area (Å²) < 4.78 is 48.0. The van der Waals surface area contributed by atoms with Gasteiger partial charge in [0.2, 0.25) is 0 Å². The molecule has 29 heavy (non-hydrogen) atoms. The van der Waals surface area contributed by atoms with Crippen LogP contribution in [0.3, 0.4) is 0 Å². The van der Waals surface area contributed by atoms with Gasteiger partial charge in [0.1, 0.15) is 5.75 Å². The summed E-state index contributed by atoms with van der Waals surface area (Å²) in [6, 6.07) is 11.7. The van der Waals surface area contributed by atoms with Gasteiger partial charge in [0.25, 0.3) is 0 Å². The van der Waals surface area contributed by atoms with E-state index in [1.165, 1.54) is 23.7 Å². The maximum atomic E-state index is 13.8. The minimum atomic E-state index is -4.45. The molecule has 2 aromatic carbocycles. The molecule has 6 heteroatoms. The molecule has 0 aliphatic heterocycles. The van der Waals surface area contributed by atoms with E-state index in [4.69, 9.17) is 17.0 Å². The Morgan fingerprint density at radius 2 is 1.86 bits per heavy atom. The first-order valence-corrected chi connectivity index (χ1v) is 10.6. The van der Waals surface area contributed by atoms with Crippen LogP contribution in [0.2, 0.25) is 0 Å². The maximum absolute atomic E-state index is 13.8. The summed E-state index contributed by atoms with van der Waals surface area (Å²) in [5.41, 5.74) is 0.639. The Labute approximate surface area is 177 Å². The third kappa shape index (κ3) is 5.06. The molecule has 0 saturated carbocycles. The molecule has 3 rings (SSSR count). The minimum absolute atomic E-state index is 0.131. The van der Waals surface area contributed by atoms with Gasteiger partial charge in [-0.25, -0.2) is 0 Å². The summed E-state index contributed by atoms with van der Waals surface area (Å²) in [5.74, 6) is 0.610. The van der Waals surface area contributed by atoms with Crippen molar-refractivity contribution in [1.82, 2.24) is 0 Å². The van der Waals surface area contributed by atoms with Crippen LogP contribution >= 0.6 is 23.6 Å². The number of rotatable bonds is 7. The first-order chi connectivity index (χ1) is 13.8. The molecule has 0 aliphatic carbocycles. The molecule has 0 fully saturated rings. The van der Waals surface area contributed by atoms with Crippen LogP contribution in [0.1, 0.15) is 37.3 Å². The van der Waals surface area contributed by atoms with Gasteiger partial charge >= 0.3 is 6.18 Å². The molecule has 0 saturated heterocycles. The molecule has 152 valence electrons. The largest absolute Gasteiger partial charge is 0.466 e. The van der Waals surface area contributed by atoms with Gasteiger partial charge in [-0.2, -0.15) is 13.2 Å². The van der Waals surface area contributed by atoms with E-state index in [9.17, 15) is 13.2 Å². The van der Waals surface area contributed by atoms with E-state index in [1.807, 2.05) is 12.1 Å². The molecule has 0 radical (unpaired) electrons. The average Bonchev–Trinajstić information content (AvgIpc) is 2.67. The van der Waals surface area contributed by atoms with E-state index in [-0.39, 0.29) is 5.56 Å². The Morgan fingerprint density at radius 3 is 2.55 bits per heavy atom. The third-order valence-electron chi connectivity index (χ3n) is 4.68. The van der Waals surface area contributed by atoms with Crippen LogP contribution in [-0.4, -0.2) is 0 Å². The lowest BCUT2D eigenvalue weighted by atomic mass is 9.96. The smallest absolute Gasteiger partial charge is 0.417 e. The Bertz CT molecular complexity index is 1080. The van der Waals surface area contributed by atoms with E-state index in [0.29, 0.717) is 27.1 Å². The molecule has 0 spiro atoms. The van der Waals surface area contributed by atoms with Gasteiger partial charge in [-0.15, -0.1) is 11.3 Å². The van der Waals surface area contributed by atoms with Crippen LogP contribution in [-0.2, 0) is 12.6 Å². The van der Waals surface area contributed by atoms with Crippen molar-refractivity contribution >= 4 is 33.6 Å². The lowest BCUT2D eigenvalue weighted by Gasteiger charge is -2.15. The number of alkyl halides is 3. The summed E-state index contributed by atoms with van der Waals surface area (Å²) in [5, 5.41) is 0.815. The molecule has 3 aromatic rings. The van der Waals surface area contributed by atoms with Gasteiger partial charge in [0.15, 0.2) is 0 Å². The lowest BCUT2D eigenvalue weighted by Crippen LogP contribution is -2.08. The van der Waals surface area contributed by atoms with Crippen LogP contribution in [0.15, 0.2) is 55.3 Å². The highest BCUT2D eigenvalue weighted by atomic mass is 32.1. The highest BCUT2D eigenvalue weighted by Crippen LogP contribution is 2.40. The SMILES string of the molecule is C=COc1ccc2cc(-c3ccc(CCCCC)cc3C(F)(F)F)c(=S)sc2c1. The highest BCUT2D eigenvalue weighted by molar-refractivity contribution is 7.74. The van der Waals surface area contributed by atoms with Gasteiger partial charge < -0.3 is 4.74 Å². The lowest BCUT2D eigenvalue weighted by molar-refractivity contribution is -0.137. The van der Waals surface area contributed by atoms with Crippen molar-refractivity contribution in [3.63, 3.8) is 0 Å². The maximum Gasteiger partial charge on any atom is 0.417 e. The number of ether oxygens (including phenoxy) is 1. The fraction of sp³-hybridized carbons (Fsp3) is 0.261. The van der Waals surface area contributed by atoms with E-state index >= 15 is 0 Å². The fourth-order valence-electron chi connectivity index (χ4n) is 3.24. The summed E-state index contributed by atoms with van der Waals surface area (Å²) in [6.45, 7) is 5.60. The molecule has 0 aliphatic rings. The second-order valence-corrected chi connectivity index (χ2v) is 8.49. The number of unbranched alkanes of at least 4 members (excludes halogenated alkanes) is 2. The zero-order chi connectivity index (χ0) is 21.0. The van der Waals surface area contributed by atoms with E-state index in [0.717, 1.165) is 29.3 Å². The number of hydrogen-bond donors (Lipinski definition) is 0. The van der Waals surface area contributed by atoms with Crippen molar-refractivity contribution in [1.29, 1.82) is 0 Å². The van der Waals surface area contributed by atoms with Gasteiger partial charge in [-0.3, -0.25) is 0 Å². The minimum Gasteiger partial charge on any atom is -0.466 e. The first kappa shape index (κ1) is 21.5. The summed E-state index contributed by atoms with van der Waals surface area (Å²) in [4.78, 5) is 0. The number of hydrogen-bond acceptors (Lipinski definition) is 3. The number of halogens is 3. The first-order valence-electron chi connectivity index (χ1n) is 9.39. The zero-order valence-corrected chi connectivity index (χ0v) is 17.6. The molecule has 0 amide bonds. The Kier molecular flexibility index (Phi) is 6.75. The molecule has 0 N–H and O–H groups in total. The fourth-order valence-corrected chi connectivity index (χ4v) is 4.58. The van der Waals surface area contributed by atoms with Crippen molar-refractivity contribution in [3.05, 3.63) is 70.3 Å². The van der Waals surface area contributed by atoms with Gasteiger partial charge in [0, 0.05) is 10.3 Å². The zero-order valence-electron chi connectivity index (χ0n) is 16.0. The standard InChI is InChI=1S/C23H21F3OS2/c1-3-5-6-7-15-8-11-18(20(12-15)23(24,25)26)19-13-16-9-10-17(27-4-2)14-21(16)29-22(19)28/h4,8-14H,2-3,5-7H2,1H3. The Hall–Kier alpha value is -2.18. The summed E-state index contributed by atoms with van der Waals surface area (Å²) in [6.07, 6.45) is 0.438. The van der Waals surface area contributed by atoms with Crippen LogP contribution in [0.25, 0.3) is 21.2 Å². The molecule has 1 aromatic heterocycles. The number of fused-ring (bicyclic) bond motifs is 1. The highest BCUT2D eigenvalue weighted by Gasteiger charge is 2.34. The molecule has 1 nitrogen and oxygen atoms in total. The van der Waals surface area contributed by atoms with Crippen LogP contribution in [0.5, 0.6) is 5.75 Å². The molecular weight excluding hydrogens is 413 g/mol. The van der Waals surface area contributed by atoms with Gasteiger partial charge in [0.05, 0.1) is 15.6 Å². The van der Waals surface area contributed by atoms with Crippen LogP contribution < -0.4 is 4.74 Å². The van der Waals surface area contributed by atoms with Gasteiger partial charge in [-0.1, -0.05) is 50.7 Å².